The molecule has 0 saturated heterocycles. The molecule has 3 unspecified atom stereocenters. The zero-order valence-corrected chi connectivity index (χ0v) is 52.4. The van der Waals surface area contributed by atoms with Gasteiger partial charge in [0, 0.05) is 129 Å². The van der Waals surface area contributed by atoms with Crippen molar-refractivity contribution in [2.24, 2.45) is 5.73 Å². The molecule has 0 aromatic heterocycles. The van der Waals surface area contributed by atoms with Crippen LogP contribution < -0.4 is 16.4 Å². The van der Waals surface area contributed by atoms with Gasteiger partial charge in [0.2, 0.25) is 0 Å². The molecule has 21 nitrogen and oxygen atoms in total. The predicted molar refractivity (Wildman–Crippen MR) is 291 cm³/mol. The number of carbonyl (C=O) groups excluding carboxylic acids is 3. The van der Waals surface area contributed by atoms with Gasteiger partial charge in [-0.15, -0.1) is 0 Å². The van der Waals surface area contributed by atoms with Gasteiger partial charge in [0.1, 0.15) is 18.9 Å². The summed E-state index contributed by atoms with van der Waals surface area (Å²) in [5, 5.41) is 29.3. The molecule has 0 amide bonds. The first-order valence-electron chi connectivity index (χ1n) is 20.5. The molecular formula is C37H104N3O18P3Si5. The van der Waals surface area contributed by atoms with Crippen LogP contribution in [0.5, 0.6) is 0 Å². The molecule has 410 valence electrons. The van der Waals surface area contributed by atoms with Gasteiger partial charge in [-0.2, -0.15) is 29.7 Å². The van der Waals surface area contributed by atoms with Crippen LogP contribution in [0.15, 0.2) is 0 Å². The fourth-order valence-corrected chi connectivity index (χ4v) is 20.0. The van der Waals surface area contributed by atoms with Crippen LogP contribution in [0.4, 0.5) is 0 Å². The van der Waals surface area contributed by atoms with Crippen molar-refractivity contribution in [3.05, 3.63) is 0 Å². The molecule has 0 aromatic carbocycles. The number of rotatable bonds is 37. The summed E-state index contributed by atoms with van der Waals surface area (Å²) in [6.45, 7) is 1.94. The van der Waals surface area contributed by atoms with E-state index in [1.54, 1.807) is 28.4 Å². The van der Waals surface area contributed by atoms with Gasteiger partial charge in [-0.05, 0) is 85.2 Å². The van der Waals surface area contributed by atoms with E-state index in [-0.39, 0.29) is 43.4 Å². The Kier molecular flexibility index (Phi) is 86.4. The van der Waals surface area contributed by atoms with Gasteiger partial charge >= 0.3 is 43.8 Å². The summed E-state index contributed by atoms with van der Waals surface area (Å²) in [5.41, 5.74) is 4.50. The van der Waals surface area contributed by atoms with Crippen LogP contribution in [0.3, 0.4) is 0 Å². The number of nitrogens with one attached hydrogen (secondary N) is 2. The van der Waals surface area contributed by atoms with Crippen LogP contribution >= 0.6 is 29.7 Å². The Morgan fingerprint density at radius 1 is 0.424 bits per heavy atom. The second-order valence-electron chi connectivity index (χ2n) is 12.3. The number of nitrogens with two attached hydrogens (primary N) is 1. The largest absolute Gasteiger partial charge is 0.493 e. The maximum atomic E-state index is 10.5. The molecule has 0 saturated carbocycles. The van der Waals surface area contributed by atoms with Crippen molar-refractivity contribution in [1.29, 1.82) is 0 Å². The summed E-state index contributed by atoms with van der Waals surface area (Å²) in [7, 11) is 9.35. The van der Waals surface area contributed by atoms with E-state index in [4.69, 9.17) is 67.8 Å². The molecule has 0 aromatic rings. The lowest BCUT2D eigenvalue weighted by Crippen LogP contribution is -2.57. The number of hydrogen-bond acceptors (Lipinski definition) is 21. The minimum absolute atomic E-state index is 0. The lowest BCUT2D eigenvalue weighted by atomic mass is 10.3. The van der Waals surface area contributed by atoms with Crippen LogP contribution in [0.25, 0.3) is 0 Å². The first kappa shape index (κ1) is 89.5. The number of aldehydes is 3. The van der Waals surface area contributed by atoms with Crippen molar-refractivity contribution in [3.8, 4) is 0 Å². The average Bonchev–Trinajstić information content (AvgIpc) is 3.34. The highest BCUT2D eigenvalue weighted by Crippen LogP contribution is 2.28. The molecule has 0 radical (unpaired) electrons. The summed E-state index contributed by atoms with van der Waals surface area (Å²) >= 11 is 0. The van der Waals surface area contributed by atoms with Gasteiger partial charge < -0.3 is 98.6 Å². The van der Waals surface area contributed by atoms with E-state index in [0.717, 1.165) is 90.4 Å². The summed E-state index contributed by atoms with van der Waals surface area (Å²) in [5.74, 6) is 0. The van der Waals surface area contributed by atoms with E-state index in [2.05, 4.69) is 16.4 Å². The Bertz CT molecular complexity index is 885. The second kappa shape index (κ2) is 63.7. The van der Waals surface area contributed by atoms with Crippen LogP contribution in [-0.4, -0.2) is 204 Å². The van der Waals surface area contributed by atoms with Crippen molar-refractivity contribution < 1.29 is 82.2 Å². The highest BCUT2D eigenvalue weighted by atomic mass is 31.0. The van der Waals surface area contributed by atoms with Gasteiger partial charge in [0.05, 0.1) is 6.23 Å². The van der Waals surface area contributed by atoms with Crippen molar-refractivity contribution in [2.75, 3.05) is 126 Å². The smallest absolute Gasteiger partial charge is 0.400 e. The summed E-state index contributed by atoms with van der Waals surface area (Å²) in [6, 6.07) is 3.20. The van der Waals surface area contributed by atoms with Gasteiger partial charge in [0.15, 0.2) is 0 Å². The van der Waals surface area contributed by atoms with Crippen molar-refractivity contribution in [1.82, 2.24) is 10.6 Å². The zero-order valence-electron chi connectivity index (χ0n) is 43.1. The Hall–Kier alpha value is 0.664. The average molecular weight is 1110 g/mol. The molecule has 0 spiro atoms. The summed E-state index contributed by atoms with van der Waals surface area (Å²) < 4.78 is 67.4. The number of carbonyl (C=O) groups is 3. The zero-order chi connectivity index (χ0) is 49.2. The molecule has 0 rings (SSSR count). The lowest BCUT2D eigenvalue weighted by Gasteiger charge is -2.35. The molecule has 0 bridgehead atoms. The molecular weight excluding hydrogens is 1010 g/mol. The van der Waals surface area contributed by atoms with Gasteiger partial charge in [-0.3, -0.25) is 0 Å². The molecule has 3 atom stereocenters. The van der Waals surface area contributed by atoms with E-state index in [1.165, 1.54) is 49.7 Å². The Balaban J connectivity index is -0.0000000845. The Labute approximate surface area is 416 Å². The third kappa shape index (κ3) is 43.5. The summed E-state index contributed by atoms with van der Waals surface area (Å²) in [6.07, 6.45) is 9.87. The monoisotopic (exact) mass is 1110 g/mol. The normalized spacial score (nSPS) is 10.8. The fourth-order valence-electron chi connectivity index (χ4n) is 5.20. The molecule has 66 heavy (non-hydrogen) atoms. The number of aliphatic hydroxyl groups is 3. The third-order valence-corrected chi connectivity index (χ3v) is 25.8. The molecule has 0 aliphatic rings. The summed E-state index contributed by atoms with van der Waals surface area (Å²) in [4.78, 5) is 30.9. The van der Waals surface area contributed by atoms with Gasteiger partial charge in [-0.1, -0.05) is 7.43 Å². The first-order valence-corrected chi connectivity index (χ1v) is 30.4. The van der Waals surface area contributed by atoms with E-state index >= 15 is 0 Å². The fraction of sp³-hybridized carbons (Fsp3) is 0.919. The van der Waals surface area contributed by atoms with Gasteiger partial charge in [-0.25, -0.2) is 0 Å². The van der Waals surface area contributed by atoms with Crippen molar-refractivity contribution in [3.63, 3.8) is 0 Å². The van der Waals surface area contributed by atoms with Crippen molar-refractivity contribution in [2.45, 2.75) is 102 Å². The first-order chi connectivity index (χ1) is 29.9. The maximum absolute atomic E-state index is 10.5. The predicted octanol–water partition coefficient (Wildman–Crippen LogP) is 2.72. The Morgan fingerprint density at radius 3 is 0.833 bits per heavy atom. The van der Waals surface area contributed by atoms with Gasteiger partial charge in [0.25, 0.3) is 0 Å². The molecule has 7 N–H and O–H groups in total. The number of unbranched alkanes of at least 4 members (excludes halogenated alkanes) is 5. The number of hydrogen-bond donors (Lipinski definition) is 6. The SMILES string of the molecule is C.CN.CNCCCC[Si](OC)(OC)O[Si](CCCCNC)(OC)OC.CO.CO.CO[Si](CCCC=O)(OC)O[Si](CCCC=O)(OC)OC.CO[Si](CO)(CCCC=O)OC.P.P.P. The second-order valence-corrected chi connectivity index (χ2v) is 28.2. The van der Waals surface area contributed by atoms with Crippen molar-refractivity contribution >= 4 is 92.3 Å². The standard InChI is InChI=1S/C14H36N2O5Si2.C12H26O7Si2.C7H16O4Si.CH5N.2CH4O.CH4.3H3P/c1-15-11-7-9-13-22(17-3,18-4)21-23(19-5,20-6)14-10-8-12-16-2;1-15-20(16-2,11-7-5-9-13)19-21(17-3,18-4)12-8-6-10-14;1-10-12(7-9,11-2)6-4-3-5-8;3*1-2;;;;/h15-16H,7-14H2,1-6H3;9-10H,5-8,11-12H2,1-4H3;5,9H,3-4,6-7H2,1-2H3;2H2,1H3;2*2H,1H3;1H4;3*1H3. The van der Waals surface area contributed by atoms with E-state index in [9.17, 15) is 14.4 Å². The lowest BCUT2D eigenvalue weighted by molar-refractivity contribution is -0.108. The van der Waals surface area contributed by atoms with E-state index < -0.39 is 43.8 Å². The third-order valence-electron chi connectivity index (χ3n) is 8.90. The molecule has 0 fully saturated rings. The maximum Gasteiger partial charge on any atom is 0.493 e. The van der Waals surface area contributed by atoms with Crippen LogP contribution in [-0.2, 0) is 66.9 Å². The highest BCUT2D eigenvalue weighted by Gasteiger charge is 2.52. The minimum atomic E-state index is -2.95. The Morgan fingerprint density at radius 2 is 0.652 bits per heavy atom. The van der Waals surface area contributed by atoms with Crippen LogP contribution in [0.2, 0.25) is 30.2 Å². The molecule has 0 aliphatic carbocycles. The number of aliphatic hydroxyl groups excluding tert-OH is 3. The topological polar surface area (TPSA) is 273 Å². The molecule has 29 heteroatoms. The van der Waals surface area contributed by atoms with E-state index in [0.29, 0.717) is 50.2 Å². The molecule has 0 aliphatic heterocycles. The highest BCUT2D eigenvalue weighted by molar-refractivity contribution is 6.92. The van der Waals surface area contributed by atoms with Crippen LogP contribution in [0, 0.1) is 0 Å². The van der Waals surface area contributed by atoms with E-state index in [1.807, 2.05) is 14.1 Å². The minimum Gasteiger partial charge on any atom is -0.400 e. The quantitative estimate of drug-likeness (QED) is 0.0226. The molecule has 0 heterocycles. The van der Waals surface area contributed by atoms with Crippen LogP contribution in [0.1, 0.15) is 71.6 Å².